The van der Waals surface area contributed by atoms with Gasteiger partial charge in [-0.2, -0.15) is 5.26 Å². The Kier molecular flexibility index (Phi) is 3.78. The van der Waals surface area contributed by atoms with Crippen molar-refractivity contribution in [3.05, 3.63) is 28.2 Å². The molecule has 1 aromatic rings. The lowest BCUT2D eigenvalue weighted by atomic mass is 9.85. The lowest BCUT2D eigenvalue weighted by molar-refractivity contribution is -0.122. The molecule has 6 nitrogen and oxygen atoms in total. The molecular weight excluding hydrogens is 316 g/mol. The minimum absolute atomic E-state index is 0.184. The maximum Gasteiger partial charge on any atom is 0.348 e. The van der Waals surface area contributed by atoms with Gasteiger partial charge in [0, 0.05) is 0 Å². The number of carbonyl (C=O) groups is 3. The van der Waals surface area contributed by atoms with Gasteiger partial charge in [0.15, 0.2) is 0 Å². The molecule has 0 spiro atoms. The van der Waals surface area contributed by atoms with Crippen LogP contribution in [0, 0.1) is 30.1 Å². The second-order valence-electron chi connectivity index (χ2n) is 5.51. The number of thiophene rings is 1. The van der Waals surface area contributed by atoms with E-state index in [9.17, 15) is 19.6 Å². The molecule has 1 aliphatic carbocycles. The summed E-state index contributed by atoms with van der Waals surface area (Å²) in [5.74, 6) is -1.91. The summed E-state index contributed by atoms with van der Waals surface area (Å²) in [4.78, 5) is 38.4. The van der Waals surface area contributed by atoms with E-state index in [2.05, 4.69) is 0 Å². The minimum Gasteiger partial charge on any atom is -0.465 e. The number of esters is 1. The van der Waals surface area contributed by atoms with Gasteiger partial charge in [-0.25, -0.2) is 9.69 Å². The van der Waals surface area contributed by atoms with Crippen molar-refractivity contribution >= 4 is 34.1 Å². The van der Waals surface area contributed by atoms with E-state index in [0.29, 0.717) is 18.4 Å². The lowest BCUT2D eigenvalue weighted by Gasteiger charge is -2.14. The van der Waals surface area contributed by atoms with Crippen LogP contribution in [0.4, 0.5) is 5.00 Å². The molecule has 0 bridgehead atoms. The van der Waals surface area contributed by atoms with Crippen molar-refractivity contribution in [2.45, 2.75) is 19.8 Å². The highest BCUT2D eigenvalue weighted by atomic mass is 32.1. The minimum atomic E-state index is -0.576. The summed E-state index contributed by atoms with van der Waals surface area (Å²) in [6.45, 7) is 1.62. The number of hydrogen-bond acceptors (Lipinski definition) is 6. The molecule has 3 rings (SSSR count). The molecule has 23 heavy (non-hydrogen) atoms. The first-order valence-corrected chi connectivity index (χ1v) is 7.97. The van der Waals surface area contributed by atoms with Crippen molar-refractivity contribution in [1.82, 2.24) is 0 Å². The first kappa shape index (κ1) is 15.4. The molecule has 0 saturated carbocycles. The molecule has 0 N–H and O–H groups in total. The Labute approximate surface area is 137 Å². The molecule has 2 heterocycles. The van der Waals surface area contributed by atoms with Crippen LogP contribution >= 0.6 is 11.3 Å². The number of fused-ring (bicyclic) bond motifs is 1. The van der Waals surface area contributed by atoms with Gasteiger partial charge >= 0.3 is 5.97 Å². The summed E-state index contributed by atoms with van der Waals surface area (Å²) in [5, 5.41) is 9.63. The van der Waals surface area contributed by atoms with Crippen molar-refractivity contribution in [2.75, 3.05) is 12.0 Å². The fourth-order valence-electron chi connectivity index (χ4n) is 3.08. The van der Waals surface area contributed by atoms with Crippen LogP contribution in [-0.2, 0) is 14.3 Å². The topological polar surface area (TPSA) is 87.5 Å². The Morgan fingerprint density at radius 2 is 1.87 bits per heavy atom. The number of carbonyl (C=O) groups excluding carboxylic acids is 3. The number of ether oxygens (including phenoxy) is 1. The number of rotatable bonds is 2. The normalized spacial score (nSPS) is 22.9. The summed E-state index contributed by atoms with van der Waals surface area (Å²) < 4.78 is 4.70. The molecule has 1 aromatic heterocycles. The number of imide groups is 1. The quantitative estimate of drug-likeness (QED) is 0.471. The molecule has 1 saturated heterocycles. The molecule has 1 fully saturated rings. The van der Waals surface area contributed by atoms with Crippen LogP contribution in [0.5, 0.6) is 0 Å². The summed E-state index contributed by atoms with van der Waals surface area (Å²) in [6, 6.07) is 2.00. The summed E-state index contributed by atoms with van der Waals surface area (Å²) >= 11 is 0.960. The Morgan fingerprint density at radius 3 is 2.35 bits per heavy atom. The van der Waals surface area contributed by atoms with Crippen molar-refractivity contribution in [1.29, 1.82) is 5.26 Å². The van der Waals surface area contributed by atoms with Crippen LogP contribution in [0.3, 0.4) is 0 Å². The monoisotopic (exact) mass is 330 g/mol. The Balaban J connectivity index is 2.09. The van der Waals surface area contributed by atoms with E-state index in [-0.39, 0.29) is 39.1 Å². The van der Waals surface area contributed by atoms with Crippen LogP contribution in [0.1, 0.15) is 33.6 Å². The van der Waals surface area contributed by atoms with Gasteiger partial charge in [0.25, 0.3) is 0 Å². The average molecular weight is 330 g/mol. The van der Waals surface area contributed by atoms with Crippen LogP contribution in [0.2, 0.25) is 0 Å². The zero-order valence-corrected chi connectivity index (χ0v) is 13.5. The van der Waals surface area contributed by atoms with E-state index in [1.807, 2.05) is 18.2 Å². The molecular formula is C16H14N2O4S. The first-order chi connectivity index (χ1) is 11.0. The second kappa shape index (κ2) is 5.63. The summed E-state index contributed by atoms with van der Waals surface area (Å²) in [6.07, 6.45) is 4.87. The highest BCUT2D eigenvalue weighted by Gasteiger charge is 2.49. The fraction of sp³-hybridized carbons (Fsp3) is 0.375. The van der Waals surface area contributed by atoms with Crippen LogP contribution in [0.15, 0.2) is 12.2 Å². The Hall–Kier alpha value is -2.46. The van der Waals surface area contributed by atoms with E-state index in [0.717, 1.165) is 16.2 Å². The zero-order valence-electron chi connectivity index (χ0n) is 12.7. The molecule has 1 aliphatic heterocycles. The lowest BCUT2D eigenvalue weighted by Crippen LogP contribution is -2.30. The number of nitriles is 1. The average Bonchev–Trinajstić information content (AvgIpc) is 3.02. The number of anilines is 1. The van der Waals surface area contributed by atoms with Crippen molar-refractivity contribution in [3.63, 3.8) is 0 Å². The Bertz CT molecular complexity index is 761. The summed E-state index contributed by atoms with van der Waals surface area (Å²) in [5.41, 5.74) is 0.622. The number of methoxy groups -OCH3 is 1. The number of hydrogen-bond donors (Lipinski definition) is 0. The largest absolute Gasteiger partial charge is 0.465 e. The SMILES string of the molecule is COC(=O)c1sc(N2C(=O)[C@H]3CC=CC[C@@H]3C2=O)c(C#N)c1C. The fourth-order valence-corrected chi connectivity index (χ4v) is 4.26. The van der Waals surface area contributed by atoms with E-state index < -0.39 is 5.97 Å². The van der Waals surface area contributed by atoms with Crippen molar-refractivity contribution < 1.29 is 19.1 Å². The van der Waals surface area contributed by atoms with E-state index in [1.165, 1.54) is 7.11 Å². The smallest absolute Gasteiger partial charge is 0.348 e. The van der Waals surface area contributed by atoms with Gasteiger partial charge in [0.2, 0.25) is 11.8 Å². The Morgan fingerprint density at radius 1 is 1.30 bits per heavy atom. The van der Waals surface area contributed by atoms with Gasteiger partial charge in [0.1, 0.15) is 15.9 Å². The molecule has 0 radical (unpaired) electrons. The third-order valence-electron chi connectivity index (χ3n) is 4.32. The van der Waals surface area contributed by atoms with Crippen molar-refractivity contribution in [3.8, 4) is 6.07 Å². The van der Waals surface area contributed by atoms with Gasteiger partial charge in [0.05, 0.1) is 24.5 Å². The van der Waals surface area contributed by atoms with Gasteiger partial charge < -0.3 is 4.74 Å². The molecule has 118 valence electrons. The van der Waals surface area contributed by atoms with E-state index >= 15 is 0 Å². The predicted octanol–water partition coefficient (Wildman–Crippen LogP) is 2.17. The number of amides is 2. The second-order valence-corrected chi connectivity index (χ2v) is 6.51. The molecule has 2 amide bonds. The summed E-state index contributed by atoms with van der Waals surface area (Å²) in [7, 11) is 1.25. The number of nitrogens with zero attached hydrogens (tertiary/aromatic N) is 2. The van der Waals surface area contributed by atoms with E-state index in [1.54, 1.807) is 6.92 Å². The third kappa shape index (κ3) is 2.18. The predicted molar refractivity (Wildman–Crippen MR) is 83.0 cm³/mol. The maximum atomic E-state index is 12.6. The highest BCUT2D eigenvalue weighted by Crippen LogP contribution is 2.43. The van der Waals surface area contributed by atoms with Crippen LogP contribution in [0.25, 0.3) is 0 Å². The standard InChI is InChI=1S/C16H14N2O4S/c1-8-11(7-17)15(23-12(8)16(21)22-2)18-13(19)9-5-3-4-6-10(9)14(18)20/h3-4,9-10H,5-6H2,1-2H3/t9-,10-/m0/s1. The highest BCUT2D eigenvalue weighted by molar-refractivity contribution is 7.18. The van der Waals surface area contributed by atoms with E-state index in [4.69, 9.17) is 4.74 Å². The van der Waals surface area contributed by atoms with Gasteiger partial charge in [-0.3, -0.25) is 9.59 Å². The van der Waals surface area contributed by atoms with Gasteiger partial charge in [-0.05, 0) is 25.3 Å². The number of allylic oxidation sites excluding steroid dienone is 2. The molecule has 2 atom stereocenters. The maximum absolute atomic E-state index is 12.6. The molecule has 0 unspecified atom stereocenters. The molecule has 7 heteroatoms. The first-order valence-electron chi connectivity index (χ1n) is 7.15. The van der Waals surface area contributed by atoms with Gasteiger partial charge in [-0.15, -0.1) is 11.3 Å². The van der Waals surface area contributed by atoms with Crippen molar-refractivity contribution in [2.24, 2.45) is 11.8 Å². The van der Waals surface area contributed by atoms with Gasteiger partial charge in [-0.1, -0.05) is 12.2 Å². The van der Waals surface area contributed by atoms with Crippen LogP contribution in [-0.4, -0.2) is 24.9 Å². The molecule has 0 aromatic carbocycles. The zero-order chi connectivity index (χ0) is 16.7. The van der Waals surface area contributed by atoms with Crippen LogP contribution < -0.4 is 4.90 Å². The third-order valence-corrected chi connectivity index (χ3v) is 5.58. The molecule has 2 aliphatic rings.